The number of nitrogens with one attached hydrogen (secondary N) is 1. The zero-order valence-electron chi connectivity index (χ0n) is 13.8. The van der Waals surface area contributed by atoms with Gasteiger partial charge in [0.25, 0.3) is 0 Å². The maximum Gasteiger partial charge on any atom is 0.172 e. The number of hydrogen-bond acceptors (Lipinski definition) is 4. The number of benzene rings is 2. The Bertz CT molecular complexity index is 732. The van der Waals surface area contributed by atoms with Crippen LogP contribution in [0.5, 0.6) is 11.5 Å². The van der Waals surface area contributed by atoms with E-state index in [9.17, 15) is 9.50 Å². The number of methoxy groups -OCH3 is 1. The van der Waals surface area contributed by atoms with Crippen molar-refractivity contribution in [3.63, 3.8) is 0 Å². The van der Waals surface area contributed by atoms with Gasteiger partial charge in [-0.1, -0.05) is 18.2 Å². The Labute approximate surface area is 161 Å². The number of ether oxygens (including phenoxy) is 1. The fraction of sp³-hybridized carbons (Fsp3) is 0.333. The van der Waals surface area contributed by atoms with Crippen molar-refractivity contribution in [1.29, 1.82) is 0 Å². The molecule has 7 heteroatoms. The van der Waals surface area contributed by atoms with Crippen LogP contribution in [0.15, 0.2) is 40.9 Å². The van der Waals surface area contributed by atoms with E-state index in [1.807, 2.05) is 12.1 Å². The summed E-state index contributed by atoms with van der Waals surface area (Å²) in [6, 6.07) is 10.5. The first kappa shape index (κ1) is 20.0. The maximum atomic E-state index is 13.6. The molecule has 25 heavy (non-hydrogen) atoms. The van der Waals surface area contributed by atoms with E-state index in [4.69, 9.17) is 4.74 Å². The molecule has 0 saturated carbocycles. The Balaban J connectivity index is 0.00000225. The van der Waals surface area contributed by atoms with Gasteiger partial charge in [0.15, 0.2) is 11.5 Å². The first-order valence-corrected chi connectivity index (χ1v) is 8.64. The standard InChI is InChI=1S/C18H20BrFN2O2.ClH/c1-24-16-6-5-13(17(19)18(16)23)11-22-8-7-21-10-15(22)12-3-2-4-14(20)9-12;/h2-6,9,15,21,23H,7-8,10-11H2,1H3;1H. The smallest absolute Gasteiger partial charge is 0.172 e. The van der Waals surface area contributed by atoms with E-state index in [-0.39, 0.29) is 30.0 Å². The van der Waals surface area contributed by atoms with Crippen molar-refractivity contribution in [2.24, 2.45) is 0 Å². The predicted octanol–water partition coefficient (Wildman–Crippen LogP) is 3.87. The Morgan fingerprint density at radius 3 is 2.88 bits per heavy atom. The number of hydrogen-bond donors (Lipinski definition) is 2. The summed E-state index contributed by atoms with van der Waals surface area (Å²) in [5.41, 5.74) is 1.92. The van der Waals surface area contributed by atoms with Crippen LogP contribution in [0.3, 0.4) is 0 Å². The van der Waals surface area contributed by atoms with Gasteiger partial charge in [0.1, 0.15) is 5.82 Å². The molecule has 0 bridgehead atoms. The molecule has 136 valence electrons. The van der Waals surface area contributed by atoms with Crippen molar-refractivity contribution in [3.8, 4) is 11.5 Å². The van der Waals surface area contributed by atoms with Crippen LogP contribution in [0.2, 0.25) is 0 Å². The van der Waals surface area contributed by atoms with Gasteiger partial charge in [0, 0.05) is 32.2 Å². The summed E-state index contributed by atoms with van der Waals surface area (Å²) in [5.74, 6) is 0.321. The molecule has 3 rings (SSSR count). The summed E-state index contributed by atoms with van der Waals surface area (Å²) in [6.45, 7) is 3.15. The second-order valence-electron chi connectivity index (χ2n) is 5.83. The molecule has 1 unspecified atom stereocenters. The summed E-state index contributed by atoms with van der Waals surface area (Å²) >= 11 is 3.45. The largest absolute Gasteiger partial charge is 0.503 e. The minimum Gasteiger partial charge on any atom is -0.503 e. The molecule has 2 aromatic rings. The second kappa shape index (κ2) is 8.85. The van der Waals surface area contributed by atoms with E-state index in [0.29, 0.717) is 16.8 Å². The number of phenols is 1. The molecule has 1 heterocycles. The molecular weight excluding hydrogens is 411 g/mol. The minimum absolute atomic E-state index is 0. The van der Waals surface area contributed by atoms with Crippen molar-refractivity contribution >= 4 is 28.3 Å². The summed E-state index contributed by atoms with van der Waals surface area (Å²) in [4.78, 5) is 2.29. The van der Waals surface area contributed by atoms with Crippen molar-refractivity contribution in [2.75, 3.05) is 26.7 Å². The number of aromatic hydroxyl groups is 1. The highest BCUT2D eigenvalue weighted by Gasteiger charge is 2.25. The minimum atomic E-state index is -0.221. The molecule has 1 atom stereocenters. The van der Waals surface area contributed by atoms with Crippen LogP contribution in [0.25, 0.3) is 0 Å². The number of rotatable bonds is 4. The van der Waals surface area contributed by atoms with Gasteiger partial charge in [0.05, 0.1) is 11.6 Å². The molecule has 0 radical (unpaired) electrons. The van der Waals surface area contributed by atoms with Crippen LogP contribution in [0, 0.1) is 5.82 Å². The van der Waals surface area contributed by atoms with E-state index in [1.54, 1.807) is 18.2 Å². The van der Waals surface area contributed by atoms with Gasteiger partial charge in [-0.15, -0.1) is 12.4 Å². The van der Waals surface area contributed by atoms with Crippen LogP contribution < -0.4 is 10.1 Å². The van der Waals surface area contributed by atoms with Gasteiger partial charge in [-0.2, -0.15) is 0 Å². The lowest BCUT2D eigenvalue weighted by Gasteiger charge is -2.36. The van der Waals surface area contributed by atoms with E-state index < -0.39 is 0 Å². The molecule has 0 spiro atoms. The molecule has 2 aromatic carbocycles. The third-order valence-corrected chi connectivity index (χ3v) is 5.23. The summed E-state index contributed by atoms with van der Waals surface area (Å²) in [5, 5.41) is 13.5. The Kier molecular flexibility index (Phi) is 7.07. The molecule has 0 amide bonds. The number of nitrogens with zero attached hydrogens (tertiary/aromatic N) is 1. The van der Waals surface area contributed by atoms with Gasteiger partial charge in [-0.05, 0) is 45.3 Å². The van der Waals surface area contributed by atoms with Gasteiger partial charge in [-0.3, -0.25) is 4.90 Å². The molecule has 1 saturated heterocycles. The highest BCUT2D eigenvalue weighted by Crippen LogP contribution is 2.38. The van der Waals surface area contributed by atoms with Crippen LogP contribution >= 0.6 is 28.3 Å². The zero-order valence-corrected chi connectivity index (χ0v) is 16.2. The third kappa shape index (κ3) is 4.44. The lowest BCUT2D eigenvalue weighted by Crippen LogP contribution is -2.45. The molecule has 0 aromatic heterocycles. The first-order chi connectivity index (χ1) is 11.6. The average molecular weight is 432 g/mol. The molecule has 2 N–H and O–H groups in total. The zero-order chi connectivity index (χ0) is 17.1. The molecule has 1 aliphatic rings. The second-order valence-corrected chi connectivity index (χ2v) is 6.63. The molecular formula is C18H21BrClFN2O2. The van der Waals surface area contributed by atoms with Crippen LogP contribution in [-0.2, 0) is 6.54 Å². The molecule has 1 aliphatic heterocycles. The number of phenolic OH excluding ortho intramolecular Hbond substituents is 1. The number of halogens is 3. The molecule has 1 fully saturated rings. The fourth-order valence-electron chi connectivity index (χ4n) is 3.07. The average Bonchev–Trinajstić information content (AvgIpc) is 2.60. The van der Waals surface area contributed by atoms with E-state index in [0.717, 1.165) is 30.8 Å². The van der Waals surface area contributed by atoms with Crippen LogP contribution in [-0.4, -0.2) is 36.8 Å². The Morgan fingerprint density at radius 1 is 1.36 bits per heavy atom. The van der Waals surface area contributed by atoms with Crippen molar-refractivity contribution < 1.29 is 14.2 Å². The van der Waals surface area contributed by atoms with Crippen LogP contribution in [0.1, 0.15) is 17.2 Å². The fourth-order valence-corrected chi connectivity index (χ4v) is 3.53. The predicted molar refractivity (Wildman–Crippen MR) is 102 cm³/mol. The summed E-state index contributed by atoms with van der Waals surface area (Å²) < 4.78 is 19.3. The lowest BCUT2D eigenvalue weighted by molar-refractivity contribution is 0.153. The molecule has 0 aliphatic carbocycles. The Hall–Kier alpha value is -1.34. The number of piperazine rings is 1. The quantitative estimate of drug-likeness (QED) is 0.771. The highest BCUT2D eigenvalue weighted by atomic mass is 79.9. The van der Waals surface area contributed by atoms with E-state index in [2.05, 4.69) is 26.1 Å². The van der Waals surface area contributed by atoms with Gasteiger partial charge in [-0.25, -0.2) is 4.39 Å². The first-order valence-electron chi connectivity index (χ1n) is 7.84. The van der Waals surface area contributed by atoms with Gasteiger partial charge in [0.2, 0.25) is 0 Å². The Morgan fingerprint density at radius 2 is 2.16 bits per heavy atom. The molecule has 4 nitrogen and oxygen atoms in total. The normalized spacial score (nSPS) is 17.8. The van der Waals surface area contributed by atoms with Gasteiger partial charge < -0.3 is 15.2 Å². The highest BCUT2D eigenvalue weighted by molar-refractivity contribution is 9.10. The maximum absolute atomic E-state index is 13.6. The van der Waals surface area contributed by atoms with Gasteiger partial charge >= 0.3 is 0 Å². The van der Waals surface area contributed by atoms with Crippen LogP contribution in [0.4, 0.5) is 4.39 Å². The topological polar surface area (TPSA) is 44.7 Å². The summed E-state index contributed by atoms with van der Waals surface area (Å²) in [6.07, 6.45) is 0. The van der Waals surface area contributed by atoms with Crippen molar-refractivity contribution in [1.82, 2.24) is 10.2 Å². The SMILES string of the molecule is COc1ccc(CN2CCNCC2c2cccc(F)c2)c(Br)c1O.Cl. The monoisotopic (exact) mass is 430 g/mol. The van der Waals surface area contributed by atoms with E-state index in [1.165, 1.54) is 13.2 Å². The summed E-state index contributed by atoms with van der Waals surface area (Å²) in [7, 11) is 1.53. The van der Waals surface area contributed by atoms with E-state index >= 15 is 0 Å². The lowest BCUT2D eigenvalue weighted by atomic mass is 10.0. The van der Waals surface area contributed by atoms with Crippen molar-refractivity contribution in [2.45, 2.75) is 12.6 Å². The third-order valence-electron chi connectivity index (χ3n) is 4.34. The van der Waals surface area contributed by atoms with Crippen molar-refractivity contribution in [3.05, 3.63) is 57.8 Å².